The minimum atomic E-state index is -0.872. The van der Waals surface area contributed by atoms with Crippen LogP contribution in [-0.4, -0.2) is 11.1 Å². The number of aromatic carboxylic acids is 1. The van der Waals surface area contributed by atoms with E-state index in [1.54, 1.807) is 12.1 Å². The van der Waals surface area contributed by atoms with Gasteiger partial charge in [0.1, 0.15) is 0 Å². The molecule has 1 aromatic carbocycles. The molecule has 0 heterocycles. The molecule has 0 saturated heterocycles. The SMILES string of the molecule is C=CCC1(c2ccc(C(=O)O)cc2)CC=CCC1. The highest BCUT2D eigenvalue weighted by molar-refractivity contribution is 5.87. The second kappa shape index (κ2) is 5.21. The maximum absolute atomic E-state index is 10.9. The predicted octanol–water partition coefficient (Wildman–Crippen LogP) is 3.94. The summed E-state index contributed by atoms with van der Waals surface area (Å²) in [4.78, 5) is 10.9. The smallest absolute Gasteiger partial charge is 0.335 e. The number of hydrogen-bond donors (Lipinski definition) is 1. The van der Waals surface area contributed by atoms with Gasteiger partial charge < -0.3 is 5.11 Å². The van der Waals surface area contributed by atoms with Crippen LogP contribution in [0.25, 0.3) is 0 Å². The summed E-state index contributed by atoms with van der Waals surface area (Å²) < 4.78 is 0. The van der Waals surface area contributed by atoms with Crippen LogP contribution < -0.4 is 0 Å². The van der Waals surface area contributed by atoms with Gasteiger partial charge in [0.05, 0.1) is 5.56 Å². The van der Waals surface area contributed by atoms with Gasteiger partial charge in [0.25, 0.3) is 0 Å². The van der Waals surface area contributed by atoms with Crippen molar-refractivity contribution >= 4 is 5.97 Å². The molecule has 0 amide bonds. The number of rotatable bonds is 4. The monoisotopic (exact) mass is 242 g/mol. The van der Waals surface area contributed by atoms with E-state index >= 15 is 0 Å². The molecule has 1 N–H and O–H groups in total. The van der Waals surface area contributed by atoms with E-state index in [1.165, 1.54) is 5.56 Å². The zero-order valence-electron chi connectivity index (χ0n) is 10.4. The summed E-state index contributed by atoms with van der Waals surface area (Å²) in [5.74, 6) is -0.872. The Morgan fingerprint density at radius 1 is 1.33 bits per heavy atom. The first-order valence-electron chi connectivity index (χ1n) is 6.28. The first kappa shape index (κ1) is 12.6. The second-order valence-corrected chi connectivity index (χ2v) is 4.87. The summed E-state index contributed by atoms with van der Waals surface area (Å²) in [7, 11) is 0. The number of carbonyl (C=O) groups is 1. The normalized spacial score (nSPS) is 22.7. The molecule has 1 aliphatic rings. The Bertz CT molecular complexity index is 470. The van der Waals surface area contributed by atoms with Crippen LogP contribution in [0, 0.1) is 0 Å². The number of benzene rings is 1. The van der Waals surface area contributed by atoms with Crippen molar-refractivity contribution in [2.75, 3.05) is 0 Å². The van der Waals surface area contributed by atoms with E-state index in [9.17, 15) is 4.79 Å². The molecule has 1 aromatic rings. The van der Waals surface area contributed by atoms with E-state index in [0.29, 0.717) is 5.56 Å². The Hall–Kier alpha value is -1.83. The standard InChI is InChI=1S/C16H18O2/c1-2-10-16(11-4-3-5-12-16)14-8-6-13(7-9-14)15(17)18/h2-4,6-9H,1,5,10-12H2,(H,17,18). The molecule has 0 aliphatic heterocycles. The predicted molar refractivity (Wildman–Crippen MR) is 72.9 cm³/mol. The van der Waals surface area contributed by atoms with Crippen molar-refractivity contribution in [3.05, 3.63) is 60.2 Å². The minimum Gasteiger partial charge on any atom is -0.478 e. The maximum Gasteiger partial charge on any atom is 0.335 e. The van der Waals surface area contributed by atoms with Crippen molar-refractivity contribution in [1.82, 2.24) is 0 Å². The number of carboxylic acids is 1. The van der Waals surface area contributed by atoms with Crippen LogP contribution in [-0.2, 0) is 5.41 Å². The quantitative estimate of drug-likeness (QED) is 0.812. The summed E-state index contributed by atoms with van der Waals surface area (Å²) in [6.45, 7) is 3.85. The molecule has 0 spiro atoms. The number of hydrogen-bond acceptors (Lipinski definition) is 1. The van der Waals surface area contributed by atoms with Crippen LogP contribution in [0.15, 0.2) is 49.1 Å². The van der Waals surface area contributed by atoms with Crippen molar-refractivity contribution in [2.45, 2.75) is 31.1 Å². The minimum absolute atomic E-state index is 0.105. The summed E-state index contributed by atoms with van der Waals surface area (Å²) in [5, 5.41) is 8.93. The van der Waals surface area contributed by atoms with E-state index in [-0.39, 0.29) is 5.41 Å². The molecule has 1 atom stereocenters. The number of carboxylic acid groups (broad SMARTS) is 1. The van der Waals surface area contributed by atoms with Gasteiger partial charge in [-0.2, -0.15) is 0 Å². The highest BCUT2D eigenvalue weighted by Gasteiger charge is 2.30. The van der Waals surface area contributed by atoms with E-state index < -0.39 is 5.97 Å². The summed E-state index contributed by atoms with van der Waals surface area (Å²) in [5.41, 5.74) is 1.67. The van der Waals surface area contributed by atoms with Gasteiger partial charge in [-0.05, 0) is 43.4 Å². The van der Waals surface area contributed by atoms with Gasteiger partial charge in [0, 0.05) is 5.41 Å². The van der Waals surface area contributed by atoms with Gasteiger partial charge in [-0.3, -0.25) is 0 Å². The fourth-order valence-electron chi connectivity index (χ4n) is 2.70. The van der Waals surface area contributed by atoms with Crippen molar-refractivity contribution in [3.8, 4) is 0 Å². The molecule has 2 rings (SSSR count). The van der Waals surface area contributed by atoms with Crippen molar-refractivity contribution in [3.63, 3.8) is 0 Å². The van der Waals surface area contributed by atoms with Gasteiger partial charge in [-0.1, -0.05) is 30.4 Å². The van der Waals surface area contributed by atoms with E-state index in [2.05, 4.69) is 18.7 Å². The van der Waals surface area contributed by atoms with Crippen LogP contribution in [0.3, 0.4) is 0 Å². The lowest BCUT2D eigenvalue weighted by atomic mass is 9.69. The van der Waals surface area contributed by atoms with Crippen molar-refractivity contribution in [2.24, 2.45) is 0 Å². The topological polar surface area (TPSA) is 37.3 Å². The molecule has 0 fully saturated rings. The molecule has 1 unspecified atom stereocenters. The van der Waals surface area contributed by atoms with Crippen molar-refractivity contribution in [1.29, 1.82) is 0 Å². The Balaban J connectivity index is 2.33. The molecule has 94 valence electrons. The molecule has 1 aliphatic carbocycles. The largest absolute Gasteiger partial charge is 0.478 e. The van der Waals surface area contributed by atoms with Gasteiger partial charge in [-0.15, -0.1) is 6.58 Å². The summed E-state index contributed by atoms with van der Waals surface area (Å²) >= 11 is 0. The fraction of sp³-hybridized carbons (Fsp3) is 0.312. The number of allylic oxidation sites excluding steroid dienone is 3. The Morgan fingerprint density at radius 3 is 2.56 bits per heavy atom. The van der Waals surface area contributed by atoms with Crippen LogP contribution >= 0.6 is 0 Å². The Kier molecular flexibility index (Phi) is 3.66. The average Bonchev–Trinajstić information content (AvgIpc) is 2.40. The summed E-state index contributed by atoms with van der Waals surface area (Å²) in [6, 6.07) is 7.29. The third-order valence-electron chi connectivity index (χ3n) is 3.74. The third-order valence-corrected chi connectivity index (χ3v) is 3.74. The first-order chi connectivity index (χ1) is 8.68. The lowest BCUT2D eigenvalue weighted by Crippen LogP contribution is -2.26. The zero-order chi connectivity index (χ0) is 13.0. The van der Waals surface area contributed by atoms with E-state index in [0.717, 1.165) is 25.7 Å². The van der Waals surface area contributed by atoms with Gasteiger partial charge >= 0.3 is 5.97 Å². The molecule has 18 heavy (non-hydrogen) atoms. The Labute approximate surface area is 108 Å². The van der Waals surface area contributed by atoms with E-state index in [1.807, 2.05) is 18.2 Å². The molecular formula is C16H18O2. The van der Waals surface area contributed by atoms with Crippen LogP contribution in [0.4, 0.5) is 0 Å². The highest BCUT2D eigenvalue weighted by Crippen LogP contribution is 2.39. The lowest BCUT2D eigenvalue weighted by molar-refractivity contribution is 0.0697. The molecule has 0 aromatic heterocycles. The molecule has 2 heteroatoms. The molecule has 0 bridgehead atoms. The molecule has 0 radical (unpaired) electrons. The van der Waals surface area contributed by atoms with Crippen LogP contribution in [0.2, 0.25) is 0 Å². The first-order valence-corrected chi connectivity index (χ1v) is 6.28. The molecular weight excluding hydrogens is 224 g/mol. The van der Waals surface area contributed by atoms with Crippen LogP contribution in [0.5, 0.6) is 0 Å². The second-order valence-electron chi connectivity index (χ2n) is 4.87. The maximum atomic E-state index is 10.9. The Morgan fingerprint density at radius 2 is 2.06 bits per heavy atom. The third kappa shape index (κ3) is 2.37. The van der Waals surface area contributed by atoms with Crippen LogP contribution in [0.1, 0.15) is 41.6 Å². The highest BCUT2D eigenvalue weighted by atomic mass is 16.4. The van der Waals surface area contributed by atoms with Gasteiger partial charge in [0.2, 0.25) is 0 Å². The average molecular weight is 242 g/mol. The molecule has 0 saturated carbocycles. The molecule has 2 nitrogen and oxygen atoms in total. The van der Waals surface area contributed by atoms with Gasteiger partial charge in [-0.25, -0.2) is 4.79 Å². The zero-order valence-corrected chi connectivity index (χ0v) is 10.4. The fourth-order valence-corrected chi connectivity index (χ4v) is 2.70. The summed E-state index contributed by atoms with van der Waals surface area (Å²) in [6.07, 6.45) is 10.5. The van der Waals surface area contributed by atoms with E-state index in [4.69, 9.17) is 5.11 Å². The van der Waals surface area contributed by atoms with Crippen molar-refractivity contribution < 1.29 is 9.90 Å². The lowest BCUT2D eigenvalue weighted by Gasteiger charge is -2.35. The van der Waals surface area contributed by atoms with Gasteiger partial charge in [0.15, 0.2) is 0 Å².